The number of aromatic nitrogens is 3. The Balaban J connectivity index is 1.60. The molecule has 0 bridgehead atoms. The Morgan fingerprint density at radius 2 is 2.04 bits per heavy atom. The van der Waals surface area contributed by atoms with Gasteiger partial charge in [0.2, 0.25) is 15.9 Å². The van der Waals surface area contributed by atoms with E-state index in [9.17, 15) is 17.2 Å². The van der Waals surface area contributed by atoms with Crippen molar-refractivity contribution in [2.24, 2.45) is 0 Å². The molecule has 11 heteroatoms. The predicted molar refractivity (Wildman–Crippen MR) is 97.6 cm³/mol. The van der Waals surface area contributed by atoms with Crippen molar-refractivity contribution < 1.29 is 21.6 Å². The number of hydrogen-bond donors (Lipinski definition) is 0. The number of anilines is 1. The lowest BCUT2D eigenvalue weighted by molar-refractivity contribution is 0.116. The number of nitrogens with zero attached hydrogens (tertiary/aromatic N) is 4. The van der Waals surface area contributed by atoms with Crippen molar-refractivity contribution in [1.82, 2.24) is 15.2 Å². The summed E-state index contributed by atoms with van der Waals surface area (Å²) in [6.45, 7) is 0.0311. The van der Waals surface area contributed by atoms with Crippen LogP contribution in [0.15, 0.2) is 40.9 Å². The van der Waals surface area contributed by atoms with E-state index in [0.717, 1.165) is 5.56 Å². The van der Waals surface area contributed by atoms with E-state index in [4.69, 9.17) is 16.0 Å². The van der Waals surface area contributed by atoms with E-state index in [0.29, 0.717) is 28.4 Å². The summed E-state index contributed by atoms with van der Waals surface area (Å²) in [6, 6.07) is 8.21. The Morgan fingerprint density at radius 1 is 1.21 bits per heavy atom. The second-order valence-corrected chi connectivity index (χ2v) is 8.58. The Hall–Kier alpha value is -2.59. The number of halogens is 3. The van der Waals surface area contributed by atoms with Crippen molar-refractivity contribution in [3.8, 4) is 11.5 Å². The minimum absolute atomic E-state index is 0.0170. The molecule has 0 unspecified atom stereocenters. The van der Waals surface area contributed by atoms with Crippen molar-refractivity contribution in [1.29, 1.82) is 0 Å². The van der Waals surface area contributed by atoms with Gasteiger partial charge in [-0.25, -0.2) is 8.42 Å². The van der Waals surface area contributed by atoms with Crippen molar-refractivity contribution in [3.63, 3.8) is 0 Å². The summed E-state index contributed by atoms with van der Waals surface area (Å²) in [5.41, 5.74) is 2.25. The fraction of sp³-hybridized carbons (Fsp3) is 0.235. The highest BCUT2D eigenvalue weighted by molar-refractivity contribution is 7.92. The normalized spacial score (nSPS) is 15.6. The number of pyridine rings is 1. The molecule has 3 aromatic rings. The number of benzene rings is 1. The zero-order valence-corrected chi connectivity index (χ0v) is 15.8. The van der Waals surface area contributed by atoms with Gasteiger partial charge >= 0.3 is 6.43 Å². The van der Waals surface area contributed by atoms with Crippen molar-refractivity contribution in [3.05, 3.63) is 58.7 Å². The van der Waals surface area contributed by atoms with Gasteiger partial charge in [-0.15, -0.1) is 10.2 Å². The average molecular weight is 427 g/mol. The van der Waals surface area contributed by atoms with Gasteiger partial charge in [0.25, 0.3) is 5.89 Å². The largest absolute Gasteiger partial charge is 0.415 e. The van der Waals surface area contributed by atoms with Crippen LogP contribution in [0, 0.1) is 0 Å². The van der Waals surface area contributed by atoms with E-state index in [1.165, 1.54) is 10.5 Å². The summed E-state index contributed by atoms with van der Waals surface area (Å²) in [6.07, 6.45) is -1.09. The fourth-order valence-corrected chi connectivity index (χ4v) is 4.61. The molecule has 1 aromatic carbocycles. The molecule has 1 aliphatic rings. The van der Waals surface area contributed by atoms with Gasteiger partial charge in [0.15, 0.2) is 0 Å². The van der Waals surface area contributed by atoms with Gasteiger partial charge in [-0.05, 0) is 42.3 Å². The average Bonchev–Trinajstić information content (AvgIpc) is 3.15. The molecular weight excluding hydrogens is 414 g/mol. The highest BCUT2D eigenvalue weighted by atomic mass is 35.5. The minimum atomic E-state index is -3.49. The lowest BCUT2D eigenvalue weighted by Crippen LogP contribution is -2.37. The molecule has 1 aliphatic heterocycles. The third-order valence-corrected chi connectivity index (χ3v) is 6.23. The van der Waals surface area contributed by atoms with Crippen LogP contribution in [0.4, 0.5) is 14.5 Å². The van der Waals surface area contributed by atoms with E-state index in [1.54, 1.807) is 30.3 Å². The van der Waals surface area contributed by atoms with Crippen LogP contribution in [0.25, 0.3) is 11.5 Å². The Bertz CT molecular complexity index is 1120. The van der Waals surface area contributed by atoms with Gasteiger partial charge < -0.3 is 4.42 Å². The fourth-order valence-electron chi connectivity index (χ4n) is 2.91. The van der Waals surface area contributed by atoms with Gasteiger partial charge in [-0.3, -0.25) is 9.29 Å². The molecule has 146 valence electrons. The Kier molecular flexibility index (Phi) is 4.76. The van der Waals surface area contributed by atoms with Crippen LogP contribution in [-0.4, -0.2) is 29.4 Å². The third-order valence-electron chi connectivity index (χ3n) is 4.28. The lowest BCUT2D eigenvalue weighted by Gasteiger charge is -2.30. The molecule has 0 saturated heterocycles. The first-order valence-corrected chi connectivity index (χ1v) is 10.2. The van der Waals surface area contributed by atoms with Crippen LogP contribution in [0.3, 0.4) is 0 Å². The number of fused-ring (bicyclic) bond motifs is 1. The van der Waals surface area contributed by atoms with Crippen molar-refractivity contribution in [2.75, 3.05) is 10.1 Å². The van der Waals surface area contributed by atoms with E-state index < -0.39 is 22.3 Å². The topological polar surface area (TPSA) is 89.2 Å². The maximum absolute atomic E-state index is 12.6. The summed E-state index contributed by atoms with van der Waals surface area (Å²) < 4.78 is 56.4. The standard InChI is InChI=1S/C17H13ClF2N4O3S/c18-12-2-4-14-10(7-12)5-6-28(25,26)24(14)9-13-3-1-11(8-21-13)16-22-23-17(27-16)15(19)20/h1-4,7-8,15H,5-6,9H2. The van der Waals surface area contributed by atoms with Crippen molar-refractivity contribution in [2.45, 2.75) is 19.4 Å². The monoisotopic (exact) mass is 426 g/mol. The highest BCUT2D eigenvalue weighted by Gasteiger charge is 2.30. The van der Waals surface area contributed by atoms with Crippen LogP contribution in [-0.2, 0) is 23.0 Å². The minimum Gasteiger partial charge on any atom is -0.415 e. The molecule has 0 spiro atoms. The number of alkyl halides is 2. The summed E-state index contributed by atoms with van der Waals surface area (Å²) in [5, 5.41) is 7.37. The third kappa shape index (κ3) is 3.57. The quantitative estimate of drug-likeness (QED) is 0.633. The number of sulfonamides is 1. The summed E-state index contributed by atoms with van der Waals surface area (Å²) >= 11 is 6.01. The van der Waals surface area contributed by atoms with Crippen LogP contribution >= 0.6 is 11.6 Å². The van der Waals surface area contributed by atoms with Crippen LogP contribution in [0.5, 0.6) is 0 Å². The first-order chi connectivity index (χ1) is 13.3. The molecule has 0 N–H and O–H groups in total. The molecule has 7 nitrogen and oxygen atoms in total. The molecule has 28 heavy (non-hydrogen) atoms. The molecule has 4 rings (SSSR count). The van der Waals surface area contributed by atoms with Crippen LogP contribution in [0.1, 0.15) is 23.6 Å². The molecular formula is C17H13ClF2N4O3S. The SMILES string of the molecule is O=S1(=O)CCc2cc(Cl)ccc2N1Cc1ccc(-c2nnc(C(F)F)o2)cn1. The zero-order valence-electron chi connectivity index (χ0n) is 14.2. The van der Waals surface area contributed by atoms with E-state index in [2.05, 4.69) is 15.2 Å². The number of aryl methyl sites for hydroxylation is 1. The van der Waals surface area contributed by atoms with E-state index in [1.807, 2.05) is 0 Å². The van der Waals surface area contributed by atoms with Gasteiger partial charge in [0.05, 0.1) is 29.2 Å². The van der Waals surface area contributed by atoms with Crippen molar-refractivity contribution >= 4 is 27.3 Å². The summed E-state index contributed by atoms with van der Waals surface area (Å²) in [5.74, 6) is -0.870. The predicted octanol–water partition coefficient (Wildman–Crippen LogP) is 3.62. The number of hydrogen-bond acceptors (Lipinski definition) is 6. The highest BCUT2D eigenvalue weighted by Crippen LogP contribution is 2.33. The van der Waals surface area contributed by atoms with E-state index >= 15 is 0 Å². The van der Waals surface area contributed by atoms with Crippen LogP contribution < -0.4 is 4.31 Å². The molecule has 3 heterocycles. The van der Waals surface area contributed by atoms with Gasteiger partial charge in [-0.1, -0.05) is 11.6 Å². The first kappa shape index (κ1) is 18.8. The van der Waals surface area contributed by atoms with E-state index in [-0.39, 0.29) is 18.2 Å². The zero-order chi connectivity index (χ0) is 19.9. The Labute approximate surface area is 164 Å². The molecule has 0 saturated carbocycles. The molecule has 0 amide bonds. The summed E-state index contributed by atoms with van der Waals surface area (Å²) in [7, 11) is -3.49. The van der Waals surface area contributed by atoms with Gasteiger partial charge in [0.1, 0.15) is 0 Å². The molecule has 0 aliphatic carbocycles. The molecule has 2 aromatic heterocycles. The van der Waals surface area contributed by atoms with Gasteiger partial charge in [-0.2, -0.15) is 8.78 Å². The lowest BCUT2D eigenvalue weighted by atomic mass is 10.1. The maximum atomic E-state index is 12.6. The first-order valence-electron chi connectivity index (χ1n) is 8.19. The smallest absolute Gasteiger partial charge is 0.314 e. The maximum Gasteiger partial charge on any atom is 0.314 e. The van der Waals surface area contributed by atoms with Crippen LogP contribution in [0.2, 0.25) is 5.02 Å². The number of rotatable bonds is 4. The van der Waals surface area contributed by atoms with Gasteiger partial charge in [0, 0.05) is 11.2 Å². The second kappa shape index (κ2) is 7.10. The molecule has 0 fully saturated rings. The molecule has 0 radical (unpaired) electrons. The summed E-state index contributed by atoms with van der Waals surface area (Å²) in [4.78, 5) is 4.21. The second-order valence-electron chi connectivity index (χ2n) is 6.13. The molecule has 0 atom stereocenters. The Morgan fingerprint density at radius 3 is 2.71 bits per heavy atom.